The van der Waals surface area contributed by atoms with E-state index >= 15 is 0 Å². The number of carbonyl (C=O) groups excluding carboxylic acids is 1. The van der Waals surface area contributed by atoms with Crippen LogP contribution in [0.4, 0.5) is 5.69 Å². The molecule has 0 aliphatic carbocycles. The molecule has 0 spiro atoms. The van der Waals surface area contributed by atoms with E-state index in [-0.39, 0.29) is 5.91 Å². The van der Waals surface area contributed by atoms with Crippen molar-refractivity contribution in [2.45, 2.75) is 13.5 Å². The van der Waals surface area contributed by atoms with Crippen molar-refractivity contribution in [1.29, 1.82) is 0 Å². The van der Waals surface area contributed by atoms with Crippen LogP contribution in [0.3, 0.4) is 0 Å². The zero-order chi connectivity index (χ0) is 13.0. The van der Waals surface area contributed by atoms with Gasteiger partial charge < -0.3 is 10.6 Å². The van der Waals surface area contributed by atoms with Gasteiger partial charge in [0.25, 0.3) is 5.91 Å². The molecule has 0 fully saturated rings. The van der Waals surface area contributed by atoms with Crippen molar-refractivity contribution in [2.24, 2.45) is 0 Å². The number of carbonyl (C=O) groups is 1. The van der Waals surface area contributed by atoms with E-state index in [4.69, 9.17) is 0 Å². The zero-order valence-corrected chi connectivity index (χ0v) is 11.2. The Labute approximate surface area is 110 Å². The van der Waals surface area contributed by atoms with Crippen LogP contribution in [0, 0.1) is 6.92 Å². The number of anilines is 1. The van der Waals surface area contributed by atoms with Crippen LogP contribution >= 0.6 is 11.3 Å². The molecule has 4 nitrogen and oxygen atoms in total. The van der Waals surface area contributed by atoms with Gasteiger partial charge in [0.05, 0.1) is 17.2 Å². The summed E-state index contributed by atoms with van der Waals surface area (Å²) in [4.78, 5) is 15.7. The molecule has 0 saturated carbocycles. The molecule has 2 N–H and O–H groups in total. The van der Waals surface area contributed by atoms with E-state index < -0.39 is 0 Å². The van der Waals surface area contributed by atoms with Gasteiger partial charge in [0.2, 0.25) is 0 Å². The van der Waals surface area contributed by atoms with Gasteiger partial charge in [0, 0.05) is 23.7 Å². The van der Waals surface area contributed by atoms with Crippen molar-refractivity contribution in [3.05, 3.63) is 45.9 Å². The lowest BCUT2D eigenvalue weighted by Crippen LogP contribution is -2.17. The fourth-order valence-electron chi connectivity index (χ4n) is 1.57. The number of hydrogen-bond acceptors (Lipinski definition) is 4. The van der Waals surface area contributed by atoms with Gasteiger partial charge in [-0.2, -0.15) is 0 Å². The molecule has 1 amide bonds. The van der Waals surface area contributed by atoms with Crippen molar-refractivity contribution in [3.8, 4) is 0 Å². The van der Waals surface area contributed by atoms with E-state index in [1.807, 2.05) is 24.4 Å². The summed E-state index contributed by atoms with van der Waals surface area (Å²) >= 11 is 1.64. The topological polar surface area (TPSA) is 54.0 Å². The zero-order valence-electron chi connectivity index (χ0n) is 10.4. The van der Waals surface area contributed by atoms with Gasteiger partial charge in [-0.1, -0.05) is 0 Å². The molecule has 0 saturated heterocycles. The Kier molecular flexibility index (Phi) is 3.94. The molecule has 0 aliphatic rings. The van der Waals surface area contributed by atoms with Gasteiger partial charge in [0.1, 0.15) is 0 Å². The molecule has 1 aromatic heterocycles. The minimum atomic E-state index is -0.0725. The monoisotopic (exact) mass is 261 g/mol. The maximum atomic E-state index is 11.4. The normalized spacial score (nSPS) is 10.1. The van der Waals surface area contributed by atoms with E-state index in [1.165, 1.54) is 0 Å². The van der Waals surface area contributed by atoms with Crippen molar-refractivity contribution in [1.82, 2.24) is 10.3 Å². The Morgan fingerprint density at radius 2 is 2.06 bits per heavy atom. The van der Waals surface area contributed by atoms with E-state index in [0.29, 0.717) is 12.1 Å². The highest BCUT2D eigenvalue weighted by Gasteiger charge is 2.02. The number of thiazole rings is 1. The second-order valence-electron chi connectivity index (χ2n) is 3.87. The molecule has 0 bridgehead atoms. The number of benzene rings is 1. The Morgan fingerprint density at radius 3 is 2.61 bits per heavy atom. The Bertz CT molecular complexity index is 533. The van der Waals surface area contributed by atoms with Crippen LogP contribution in [0.5, 0.6) is 0 Å². The van der Waals surface area contributed by atoms with E-state index in [1.54, 1.807) is 30.5 Å². The molecule has 1 aromatic carbocycles. The van der Waals surface area contributed by atoms with Gasteiger partial charge in [-0.15, -0.1) is 11.3 Å². The molecule has 0 atom stereocenters. The van der Waals surface area contributed by atoms with E-state index in [9.17, 15) is 4.79 Å². The summed E-state index contributed by atoms with van der Waals surface area (Å²) in [5.41, 5.74) is 2.67. The molecule has 0 unspecified atom stereocenters. The van der Waals surface area contributed by atoms with Crippen LogP contribution in [-0.4, -0.2) is 17.9 Å². The average Bonchev–Trinajstić information content (AvgIpc) is 2.82. The minimum absolute atomic E-state index is 0.0725. The summed E-state index contributed by atoms with van der Waals surface area (Å²) in [6.07, 6.45) is 0. The number of nitrogens with one attached hydrogen (secondary N) is 2. The van der Waals surface area contributed by atoms with E-state index in [2.05, 4.69) is 15.6 Å². The summed E-state index contributed by atoms with van der Waals surface area (Å²) in [6, 6.07) is 7.38. The highest BCUT2D eigenvalue weighted by atomic mass is 32.1. The highest BCUT2D eigenvalue weighted by Crippen LogP contribution is 2.13. The van der Waals surface area contributed by atoms with Crippen LogP contribution in [-0.2, 0) is 6.54 Å². The van der Waals surface area contributed by atoms with Crippen LogP contribution < -0.4 is 10.6 Å². The first-order chi connectivity index (χ1) is 8.69. The summed E-state index contributed by atoms with van der Waals surface area (Å²) < 4.78 is 0. The van der Waals surface area contributed by atoms with Gasteiger partial charge in [0.15, 0.2) is 0 Å². The van der Waals surface area contributed by atoms with Gasteiger partial charge >= 0.3 is 0 Å². The summed E-state index contributed by atoms with van der Waals surface area (Å²) in [6.45, 7) is 2.69. The molecular formula is C13H15N3OS. The Hall–Kier alpha value is -1.88. The third-order valence-electron chi connectivity index (χ3n) is 2.51. The summed E-state index contributed by atoms with van der Waals surface area (Å²) in [5, 5.41) is 8.98. The van der Waals surface area contributed by atoms with Crippen molar-refractivity contribution in [2.75, 3.05) is 12.4 Å². The minimum Gasteiger partial charge on any atom is -0.379 e. The first-order valence-corrected chi connectivity index (χ1v) is 6.54. The average molecular weight is 261 g/mol. The number of rotatable bonds is 4. The largest absolute Gasteiger partial charge is 0.379 e. The molecule has 5 heteroatoms. The van der Waals surface area contributed by atoms with Gasteiger partial charge in [-0.05, 0) is 31.2 Å². The SMILES string of the molecule is CNC(=O)c1ccc(NCc2csc(C)n2)cc1. The smallest absolute Gasteiger partial charge is 0.251 e. The summed E-state index contributed by atoms with van der Waals surface area (Å²) in [7, 11) is 1.62. The van der Waals surface area contributed by atoms with Crippen molar-refractivity contribution < 1.29 is 4.79 Å². The Morgan fingerprint density at radius 1 is 1.33 bits per heavy atom. The number of aromatic nitrogens is 1. The third kappa shape index (κ3) is 3.07. The maximum Gasteiger partial charge on any atom is 0.251 e. The first-order valence-electron chi connectivity index (χ1n) is 5.66. The van der Waals surface area contributed by atoms with E-state index in [0.717, 1.165) is 16.4 Å². The lowest BCUT2D eigenvalue weighted by Gasteiger charge is -2.05. The standard InChI is InChI=1S/C13H15N3OS/c1-9-16-12(8-18-9)7-15-11-5-3-10(4-6-11)13(17)14-2/h3-6,8,15H,7H2,1-2H3,(H,14,17). The maximum absolute atomic E-state index is 11.4. The summed E-state index contributed by atoms with van der Waals surface area (Å²) in [5.74, 6) is -0.0725. The van der Waals surface area contributed by atoms with Crippen LogP contribution in [0.25, 0.3) is 0 Å². The molecule has 1 heterocycles. The molecule has 2 aromatic rings. The number of aryl methyl sites for hydroxylation is 1. The van der Waals surface area contributed by atoms with Gasteiger partial charge in [-0.25, -0.2) is 4.98 Å². The fourth-order valence-corrected chi connectivity index (χ4v) is 2.18. The molecule has 2 rings (SSSR count). The third-order valence-corrected chi connectivity index (χ3v) is 3.34. The number of nitrogens with zero attached hydrogens (tertiary/aromatic N) is 1. The fraction of sp³-hybridized carbons (Fsp3) is 0.231. The number of amides is 1. The number of hydrogen-bond donors (Lipinski definition) is 2. The lowest BCUT2D eigenvalue weighted by molar-refractivity contribution is 0.0963. The van der Waals surface area contributed by atoms with Crippen molar-refractivity contribution >= 4 is 22.9 Å². The predicted octanol–water partition coefficient (Wildman–Crippen LogP) is 2.42. The highest BCUT2D eigenvalue weighted by molar-refractivity contribution is 7.09. The second kappa shape index (κ2) is 5.64. The molecule has 0 aliphatic heterocycles. The molecule has 18 heavy (non-hydrogen) atoms. The quantitative estimate of drug-likeness (QED) is 0.888. The molecule has 94 valence electrons. The second-order valence-corrected chi connectivity index (χ2v) is 4.93. The van der Waals surface area contributed by atoms with Crippen LogP contribution in [0.2, 0.25) is 0 Å². The molecular weight excluding hydrogens is 246 g/mol. The first kappa shape index (κ1) is 12.6. The van der Waals surface area contributed by atoms with Crippen LogP contribution in [0.1, 0.15) is 21.1 Å². The van der Waals surface area contributed by atoms with Crippen molar-refractivity contribution in [3.63, 3.8) is 0 Å². The predicted molar refractivity (Wildman–Crippen MR) is 74.0 cm³/mol. The van der Waals surface area contributed by atoms with Gasteiger partial charge in [-0.3, -0.25) is 4.79 Å². The van der Waals surface area contributed by atoms with Crippen LogP contribution in [0.15, 0.2) is 29.6 Å². The lowest BCUT2D eigenvalue weighted by atomic mass is 10.2. The Balaban J connectivity index is 1.96. The molecule has 0 radical (unpaired) electrons.